The fraction of sp³-hybridized carbons (Fsp3) is 0.357. The fourth-order valence-electron chi connectivity index (χ4n) is 1.34. The lowest BCUT2D eigenvalue weighted by Crippen LogP contribution is -2.10. The number of hydrogen-bond acceptors (Lipinski definition) is 4. The summed E-state index contributed by atoms with van der Waals surface area (Å²) in [7, 11) is 0. The zero-order valence-electron chi connectivity index (χ0n) is 10.8. The molecule has 0 heterocycles. The van der Waals surface area contributed by atoms with Crippen LogP contribution < -0.4 is 0 Å². The standard InChI is InChI=1S/C14H15N3O/c1-14(2,3)12-6-4-11(5-7-12)10-18-17-13(8-15)9-16/h4-7H,10H2,1-3H3. The van der Waals surface area contributed by atoms with E-state index in [1.807, 2.05) is 24.3 Å². The molecular formula is C14H15N3O. The van der Waals surface area contributed by atoms with Crippen molar-refractivity contribution in [3.05, 3.63) is 35.4 Å². The summed E-state index contributed by atoms with van der Waals surface area (Å²) in [4.78, 5) is 4.93. The molecule has 0 saturated heterocycles. The molecule has 18 heavy (non-hydrogen) atoms. The van der Waals surface area contributed by atoms with E-state index in [2.05, 4.69) is 25.9 Å². The van der Waals surface area contributed by atoms with Crippen LogP contribution in [0.25, 0.3) is 0 Å². The summed E-state index contributed by atoms with van der Waals surface area (Å²) >= 11 is 0. The molecule has 4 heteroatoms. The van der Waals surface area contributed by atoms with Gasteiger partial charge in [-0.05, 0) is 16.5 Å². The maximum Gasteiger partial charge on any atom is 0.256 e. The molecule has 0 bridgehead atoms. The van der Waals surface area contributed by atoms with E-state index in [4.69, 9.17) is 15.4 Å². The van der Waals surface area contributed by atoms with Crippen LogP contribution in [0, 0.1) is 22.7 Å². The molecule has 0 aromatic heterocycles. The van der Waals surface area contributed by atoms with Gasteiger partial charge >= 0.3 is 0 Å². The second-order valence-electron chi connectivity index (χ2n) is 4.88. The molecule has 0 radical (unpaired) electrons. The van der Waals surface area contributed by atoms with E-state index in [-0.39, 0.29) is 17.7 Å². The quantitative estimate of drug-likeness (QED) is 0.603. The predicted octanol–water partition coefficient (Wildman–Crippen LogP) is 2.90. The molecule has 0 aliphatic heterocycles. The van der Waals surface area contributed by atoms with E-state index < -0.39 is 0 Å². The molecule has 0 fully saturated rings. The third-order valence-electron chi connectivity index (χ3n) is 2.42. The van der Waals surface area contributed by atoms with Crippen molar-refractivity contribution in [3.8, 4) is 12.1 Å². The zero-order valence-corrected chi connectivity index (χ0v) is 10.8. The molecule has 1 rings (SSSR count). The maximum atomic E-state index is 8.47. The minimum Gasteiger partial charge on any atom is -0.389 e. The van der Waals surface area contributed by atoms with Gasteiger partial charge < -0.3 is 4.84 Å². The molecule has 0 unspecified atom stereocenters. The van der Waals surface area contributed by atoms with Gasteiger partial charge in [0.05, 0.1) is 0 Å². The first kappa shape index (κ1) is 13.7. The zero-order chi connectivity index (χ0) is 13.6. The van der Waals surface area contributed by atoms with Gasteiger partial charge in [-0.2, -0.15) is 10.5 Å². The van der Waals surface area contributed by atoms with Gasteiger partial charge in [0, 0.05) is 0 Å². The Morgan fingerprint density at radius 3 is 2.17 bits per heavy atom. The van der Waals surface area contributed by atoms with E-state index >= 15 is 0 Å². The number of nitriles is 2. The Bertz CT molecular complexity index is 494. The van der Waals surface area contributed by atoms with Crippen LogP contribution in [0.3, 0.4) is 0 Å². The van der Waals surface area contributed by atoms with Crippen LogP contribution >= 0.6 is 0 Å². The molecule has 0 spiro atoms. The molecule has 0 N–H and O–H groups in total. The summed E-state index contributed by atoms with van der Waals surface area (Å²) in [5, 5.41) is 20.4. The predicted molar refractivity (Wildman–Crippen MR) is 68.6 cm³/mol. The van der Waals surface area contributed by atoms with Crippen LogP contribution in [0.1, 0.15) is 31.9 Å². The third-order valence-corrected chi connectivity index (χ3v) is 2.42. The normalized spacial score (nSPS) is 10.1. The minimum absolute atomic E-state index is 0.117. The van der Waals surface area contributed by atoms with E-state index in [9.17, 15) is 0 Å². The summed E-state index contributed by atoms with van der Waals surface area (Å²) in [6, 6.07) is 11.2. The Balaban J connectivity index is 2.64. The van der Waals surface area contributed by atoms with Gasteiger partial charge in [-0.15, -0.1) is 0 Å². The van der Waals surface area contributed by atoms with E-state index in [0.29, 0.717) is 0 Å². The summed E-state index contributed by atoms with van der Waals surface area (Å²) in [6.07, 6.45) is 0. The van der Waals surface area contributed by atoms with Gasteiger partial charge in [0.1, 0.15) is 18.7 Å². The van der Waals surface area contributed by atoms with E-state index in [1.165, 1.54) is 5.56 Å². The Morgan fingerprint density at radius 1 is 1.17 bits per heavy atom. The highest BCUT2D eigenvalue weighted by Gasteiger charge is 2.12. The van der Waals surface area contributed by atoms with Gasteiger partial charge in [-0.3, -0.25) is 0 Å². The number of oxime groups is 1. The van der Waals surface area contributed by atoms with Crippen molar-refractivity contribution in [1.29, 1.82) is 10.5 Å². The van der Waals surface area contributed by atoms with Gasteiger partial charge in [0.15, 0.2) is 0 Å². The first-order valence-electron chi connectivity index (χ1n) is 5.57. The second kappa shape index (κ2) is 5.84. The molecule has 4 nitrogen and oxygen atoms in total. The molecule has 0 atom stereocenters. The van der Waals surface area contributed by atoms with Crippen molar-refractivity contribution < 1.29 is 4.84 Å². The first-order chi connectivity index (χ1) is 8.47. The lowest BCUT2D eigenvalue weighted by molar-refractivity contribution is 0.131. The van der Waals surface area contributed by atoms with Crippen LogP contribution in [-0.2, 0) is 16.9 Å². The highest BCUT2D eigenvalue weighted by atomic mass is 16.6. The SMILES string of the molecule is CC(C)(C)c1ccc(CON=C(C#N)C#N)cc1. The summed E-state index contributed by atoms with van der Waals surface area (Å²) in [5.41, 5.74) is 2.03. The molecular weight excluding hydrogens is 226 g/mol. The van der Waals surface area contributed by atoms with Crippen LogP contribution in [0.5, 0.6) is 0 Å². The average molecular weight is 241 g/mol. The molecule has 0 aliphatic carbocycles. The van der Waals surface area contributed by atoms with Crippen molar-refractivity contribution in [2.24, 2.45) is 5.16 Å². The number of benzene rings is 1. The first-order valence-corrected chi connectivity index (χ1v) is 5.57. The van der Waals surface area contributed by atoms with Gasteiger partial charge in [-0.25, -0.2) is 0 Å². The lowest BCUT2D eigenvalue weighted by atomic mass is 9.87. The van der Waals surface area contributed by atoms with E-state index in [1.54, 1.807) is 12.1 Å². The Kier molecular flexibility index (Phi) is 4.45. The lowest BCUT2D eigenvalue weighted by Gasteiger charge is -2.18. The molecule has 1 aromatic rings. The van der Waals surface area contributed by atoms with Crippen LogP contribution in [0.2, 0.25) is 0 Å². The van der Waals surface area contributed by atoms with Crippen LogP contribution in [-0.4, -0.2) is 5.71 Å². The average Bonchev–Trinajstić information content (AvgIpc) is 2.34. The molecule has 92 valence electrons. The van der Waals surface area contributed by atoms with Gasteiger partial charge in [0.25, 0.3) is 5.71 Å². The topological polar surface area (TPSA) is 69.2 Å². The highest BCUT2D eigenvalue weighted by Crippen LogP contribution is 2.22. The molecule has 0 saturated carbocycles. The smallest absolute Gasteiger partial charge is 0.256 e. The second-order valence-corrected chi connectivity index (χ2v) is 4.88. The minimum atomic E-state index is -0.277. The molecule has 0 amide bonds. The summed E-state index contributed by atoms with van der Waals surface area (Å²) in [5.74, 6) is 0. The van der Waals surface area contributed by atoms with Crippen molar-refractivity contribution in [2.75, 3.05) is 0 Å². The Hall–Kier alpha value is -2.33. The van der Waals surface area contributed by atoms with E-state index in [0.717, 1.165) is 5.56 Å². The van der Waals surface area contributed by atoms with Crippen molar-refractivity contribution in [2.45, 2.75) is 32.8 Å². The van der Waals surface area contributed by atoms with Crippen molar-refractivity contribution in [1.82, 2.24) is 0 Å². The molecule has 0 aliphatic rings. The van der Waals surface area contributed by atoms with Gasteiger partial charge in [-0.1, -0.05) is 50.2 Å². The largest absolute Gasteiger partial charge is 0.389 e. The van der Waals surface area contributed by atoms with Gasteiger partial charge in [0.2, 0.25) is 0 Å². The Labute approximate surface area is 107 Å². The summed E-state index contributed by atoms with van der Waals surface area (Å²) < 4.78 is 0. The van der Waals surface area contributed by atoms with Crippen LogP contribution in [0.4, 0.5) is 0 Å². The number of nitrogens with zero attached hydrogens (tertiary/aromatic N) is 3. The third kappa shape index (κ3) is 3.92. The van der Waals surface area contributed by atoms with Crippen molar-refractivity contribution in [3.63, 3.8) is 0 Å². The highest BCUT2D eigenvalue weighted by molar-refractivity contribution is 6.09. The van der Waals surface area contributed by atoms with Crippen molar-refractivity contribution >= 4 is 5.71 Å². The fourth-order valence-corrected chi connectivity index (χ4v) is 1.34. The maximum absolute atomic E-state index is 8.47. The monoisotopic (exact) mass is 241 g/mol. The summed E-state index contributed by atoms with van der Waals surface area (Å²) in [6.45, 7) is 6.69. The molecule has 1 aromatic carbocycles. The number of hydrogen-bond donors (Lipinski definition) is 0. The number of rotatable bonds is 3. The van der Waals surface area contributed by atoms with Crippen LogP contribution in [0.15, 0.2) is 29.4 Å². The Morgan fingerprint density at radius 2 is 1.72 bits per heavy atom.